The number of hydrogen-bond acceptors (Lipinski definition) is 5. The lowest BCUT2D eigenvalue weighted by Gasteiger charge is -2.19. The molecule has 1 atom stereocenters. The normalized spacial score (nSPS) is 19.5. The molecule has 1 aromatic carbocycles. The third-order valence-corrected chi connectivity index (χ3v) is 3.70. The molecule has 3 aromatic rings. The van der Waals surface area contributed by atoms with Crippen LogP contribution in [-0.2, 0) is 0 Å². The van der Waals surface area contributed by atoms with Gasteiger partial charge in [-0.3, -0.25) is 0 Å². The molecule has 5 nitrogen and oxygen atoms in total. The Kier molecular flexibility index (Phi) is 2.77. The highest BCUT2D eigenvalue weighted by Gasteiger charge is 2.22. The van der Waals surface area contributed by atoms with Gasteiger partial charge in [-0.15, -0.1) is 0 Å². The number of nitrogens with zero attached hydrogens (tertiary/aromatic N) is 2. The third kappa shape index (κ3) is 2.00. The van der Waals surface area contributed by atoms with Crippen molar-refractivity contribution in [3.63, 3.8) is 0 Å². The van der Waals surface area contributed by atoms with Gasteiger partial charge in [0.05, 0.1) is 6.04 Å². The lowest BCUT2D eigenvalue weighted by atomic mass is 10.1. The molecule has 102 valence electrons. The van der Waals surface area contributed by atoms with Crippen molar-refractivity contribution in [3.05, 3.63) is 36.2 Å². The summed E-state index contributed by atoms with van der Waals surface area (Å²) in [6.45, 7) is 1.01. The maximum absolute atomic E-state index is 5.75. The summed E-state index contributed by atoms with van der Waals surface area (Å²) in [5, 5.41) is 8.48. The molecular weight excluding hydrogens is 254 g/mol. The van der Waals surface area contributed by atoms with Crippen LogP contribution < -0.4 is 5.32 Å². The molecule has 1 saturated heterocycles. The zero-order valence-corrected chi connectivity index (χ0v) is 11.0. The van der Waals surface area contributed by atoms with Crippen LogP contribution in [0.2, 0.25) is 0 Å². The largest absolute Gasteiger partial charge is 0.453 e. The van der Waals surface area contributed by atoms with Crippen molar-refractivity contribution >= 4 is 11.0 Å². The predicted molar refractivity (Wildman–Crippen MR) is 74.1 cm³/mol. The van der Waals surface area contributed by atoms with E-state index in [1.54, 1.807) is 0 Å². The van der Waals surface area contributed by atoms with Gasteiger partial charge in [0.2, 0.25) is 11.7 Å². The first-order valence-electron chi connectivity index (χ1n) is 6.96. The molecule has 3 heterocycles. The van der Waals surface area contributed by atoms with Crippen molar-refractivity contribution in [1.29, 1.82) is 0 Å². The van der Waals surface area contributed by atoms with Crippen molar-refractivity contribution in [2.45, 2.75) is 25.3 Å². The van der Waals surface area contributed by atoms with Gasteiger partial charge in [0.25, 0.3) is 0 Å². The van der Waals surface area contributed by atoms with Crippen LogP contribution in [0.25, 0.3) is 22.6 Å². The van der Waals surface area contributed by atoms with Crippen molar-refractivity contribution in [2.24, 2.45) is 0 Å². The van der Waals surface area contributed by atoms with E-state index < -0.39 is 0 Å². The lowest BCUT2D eigenvalue weighted by Crippen LogP contribution is -2.26. The van der Waals surface area contributed by atoms with Crippen LogP contribution in [0.5, 0.6) is 0 Å². The molecule has 2 aromatic heterocycles. The predicted octanol–water partition coefficient (Wildman–Crippen LogP) is 3.30. The number of para-hydroxylation sites is 1. The van der Waals surface area contributed by atoms with E-state index in [0.29, 0.717) is 17.5 Å². The fourth-order valence-electron chi connectivity index (χ4n) is 2.63. The molecule has 0 unspecified atom stereocenters. The molecule has 0 saturated carbocycles. The molecule has 0 bridgehead atoms. The highest BCUT2D eigenvalue weighted by Crippen LogP contribution is 2.28. The maximum atomic E-state index is 5.75. The van der Waals surface area contributed by atoms with Crippen molar-refractivity contribution in [3.8, 4) is 11.6 Å². The Balaban J connectivity index is 1.66. The van der Waals surface area contributed by atoms with Crippen LogP contribution >= 0.6 is 0 Å². The minimum absolute atomic E-state index is 0.175. The van der Waals surface area contributed by atoms with Gasteiger partial charge in [0.15, 0.2) is 5.76 Å². The number of nitrogens with one attached hydrogen (secondary N) is 1. The van der Waals surface area contributed by atoms with Gasteiger partial charge in [-0.25, -0.2) is 0 Å². The second-order valence-electron chi connectivity index (χ2n) is 5.11. The zero-order valence-electron chi connectivity index (χ0n) is 11.0. The van der Waals surface area contributed by atoms with Crippen LogP contribution in [0.1, 0.15) is 31.2 Å². The smallest absolute Gasteiger partial charge is 0.244 e. The number of hydrogen-bond donors (Lipinski definition) is 1. The van der Waals surface area contributed by atoms with E-state index in [2.05, 4.69) is 15.5 Å². The van der Waals surface area contributed by atoms with Crippen LogP contribution in [0.4, 0.5) is 0 Å². The number of benzene rings is 1. The maximum Gasteiger partial charge on any atom is 0.244 e. The molecule has 0 amide bonds. The van der Waals surface area contributed by atoms with Gasteiger partial charge < -0.3 is 14.3 Å². The van der Waals surface area contributed by atoms with E-state index in [1.807, 2.05) is 30.3 Å². The number of fused-ring (bicyclic) bond motifs is 1. The summed E-state index contributed by atoms with van der Waals surface area (Å²) in [5.41, 5.74) is 0.838. The second kappa shape index (κ2) is 4.76. The molecule has 1 aliphatic heterocycles. The van der Waals surface area contributed by atoms with Gasteiger partial charge >= 0.3 is 0 Å². The fraction of sp³-hybridized carbons (Fsp3) is 0.333. The minimum atomic E-state index is 0.175. The van der Waals surface area contributed by atoms with E-state index in [4.69, 9.17) is 8.94 Å². The summed E-state index contributed by atoms with van der Waals surface area (Å²) >= 11 is 0. The summed E-state index contributed by atoms with van der Waals surface area (Å²) < 4.78 is 11.1. The molecule has 0 radical (unpaired) electrons. The molecule has 0 aliphatic carbocycles. The topological polar surface area (TPSA) is 64.1 Å². The highest BCUT2D eigenvalue weighted by molar-refractivity contribution is 5.81. The quantitative estimate of drug-likeness (QED) is 0.773. The Morgan fingerprint density at radius 2 is 2.15 bits per heavy atom. The van der Waals surface area contributed by atoms with Crippen LogP contribution in [0, 0.1) is 0 Å². The fourth-order valence-corrected chi connectivity index (χ4v) is 2.63. The van der Waals surface area contributed by atoms with Crippen molar-refractivity contribution in [1.82, 2.24) is 15.5 Å². The van der Waals surface area contributed by atoms with E-state index >= 15 is 0 Å². The molecule has 20 heavy (non-hydrogen) atoms. The Morgan fingerprint density at radius 1 is 1.20 bits per heavy atom. The van der Waals surface area contributed by atoms with Gasteiger partial charge in [0.1, 0.15) is 5.58 Å². The molecule has 1 aliphatic rings. The summed E-state index contributed by atoms with van der Waals surface area (Å²) in [4.78, 5) is 4.47. The van der Waals surface area contributed by atoms with Gasteiger partial charge in [0, 0.05) is 5.39 Å². The average Bonchev–Trinajstić information content (AvgIpc) is 3.14. The van der Waals surface area contributed by atoms with Gasteiger partial charge in [-0.05, 0) is 31.5 Å². The van der Waals surface area contributed by atoms with Crippen LogP contribution in [0.15, 0.2) is 39.3 Å². The van der Waals surface area contributed by atoms with E-state index in [9.17, 15) is 0 Å². The van der Waals surface area contributed by atoms with Crippen molar-refractivity contribution < 1.29 is 8.94 Å². The summed E-state index contributed by atoms with van der Waals surface area (Å²) in [7, 11) is 0. The number of rotatable bonds is 2. The summed E-state index contributed by atoms with van der Waals surface area (Å²) in [5.74, 6) is 1.82. The first-order chi connectivity index (χ1) is 9.90. The molecule has 1 fully saturated rings. The van der Waals surface area contributed by atoms with E-state index in [-0.39, 0.29) is 6.04 Å². The van der Waals surface area contributed by atoms with E-state index in [0.717, 1.165) is 23.9 Å². The Labute approximate surface area is 116 Å². The zero-order chi connectivity index (χ0) is 13.4. The van der Waals surface area contributed by atoms with Gasteiger partial charge in [-0.2, -0.15) is 4.98 Å². The average molecular weight is 269 g/mol. The number of aromatic nitrogens is 2. The lowest BCUT2D eigenvalue weighted by molar-refractivity contribution is 0.297. The Morgan fingerprint density at radius 3 is 3.00 bits per heavy atom. The third-order valence-electron chi connectivity index (χ3n) is 3.70. The summed E-state index contributed by atoms with van der Waals surface area (Å²) in [6.07, 6.45) is 3.45. The molecule has 5 heteroatoms. The number of piperidine rings is 1. The van der Waals surface area contributed by atoms with Gasteiger partial charge in [-0.1, -0.05) is 29.8 Å². The van der Waals surface area contributed by atoms with Crippen LogP contribution in [0.3, 0.4) is 0 Å². The highest BCUT2D eigenvalue weighted by atomic mass is 16.5. The van der Waals surface area contributed by atoms with Crippen molar-refractivity contribution in [2.75, 3.05) is 6.54 Å². The second-order valence-corrected chi connectivity index (χ2v) is 5.11. The number of furan rings is 1. The minimum Gasteiger partial charge on any atom is -0.453 e. The Bertz CT molecular complexity index is 692. The standard InChI is InChI=1S/C15H15N3O2/c1-2-7-12-10(5-1)9-13(19-12)14-17-15(20-18-14)11-6-3-4-8-16-11/h1-2,5,7,9,11,16H,3-4,6,8H2/t11-/m0/s1. The monoisotopic (exact) mass is 269 g/mol. The molecular formula is C15H15N3O2. The molecule has 4 rings (SSSR count). The van der Waals surface area contributed by atoms with E-state index in [1.165, 1.54) is 12.8 Å². The van der Waals surface area contributed by atoms with Crippen LogP contribution in [-0.4, -0.2) is 16.7 Å². The summed E-state index contributed by atoms with van der Waals surface area (Å²) in [6, 6.07) is 9.99. The first kappa shape index (κ1) is 11.7. The SMILES string of the molecule is c1ccc2oc(-c3noc([C@@H]4CCCCN4)n3)cc2c1. The molecule has 1 N–H and O–H groups in total. The Hall–Kier alpha value is -2.14. The first-order valence-corrected chi connectivity index (χ1v) is 6.96. The molecule has 0 spiro atoms.